The van der Waals surface area contributed by atoms with Crippen LogP contribution in [0.15, 0.2) is 12.3 Å². The van der Waals surface area contributed by atoms with Gasteiger partial charge in [-0.25, -0.2) is 4.98 Å². The lowest BCUT2D eigenvalue weighted by Gasteiger charge is -2.05. The molecule has 0 aromatic carbocycles. The zero-order chi connectivity index (χ0) is 9.84. The lowest BCUT2D eigenvalue weighted by atomic mass is 10.1. The SMILES string of the molecule is CCc1cc(OC)cnc1C(N)=O. The molecule has 1 amide bonds. The summed E-state index contributed by atoms with van der Waals surface area (Å²) >= 11 is 0. The van der Waals surface area contributed by atoms with Crippen LogP contribution in [-0.2, 0) is 6.42 Å². The molecule has 4 heteroatoms. The average Bonchev–Trinajstić information content (AvgIpc) is 2.16. The predicted octanol–water partition coefficient (Wildman–Crippen LogP) is 0.751. The summed E-state index contributed by atoms with van der Waals surface area (Å²) in [5.74, 6) is 0.140. The molecule has 0 saturated heterocycles. The summed E-state index contributed by atoms with van der Waals surface area (Å²) in [6, 6.07) is 1.77. The Morgan fingerprint density at radius 2 is 2.38 bits per heavy atom. The topological polar surface area (TPSA) is 65.2 Å². The molecule has 0 radical (unpaired) electrons. The minimum absolute atomic E-state index is 0.323. The number of pyridine rings is 1. The number of aromatic nitrogens is 1. The highest BCUT2D eigenvalue weighted by atomic mass is 16.5. The maximum atomic E-state index is 10.9. The zero-order valence-electron chi connectivity index (χ0n) is 7.70. The maximum absolute atomic E-state index is 10.9. The average molecular weight is 180 g/mol. The van der Waals surface area contributed by atoms with Crippen molar-refractivity contribution in [3.63, 3.8) is 0 Å². The second kappa shape index (κ2) is 3.89. The van der Waals surface area contributed by atoms with Crippen LogP contribution in [0.3, 0.4) is 0 Å². The van der Waals surface area contributed by atoms with Crippen LogP contribution in [0.25, 0.3) is 0 Å². The fourth-order valence-corrected chi connectivity index (χ4v) is 1.09. The number of aryl methyl sites for hydroxylation is 1. The van der Waals surface area contributed by atoms with Crippen LogP contribution in [0.2, 0.25) is 0 Å². The third-order valence-corrected chi connectivity index (χ3v) is 1.79. The fraction of sp³-hybridized carbons (Fsp3) is 0.333. The third-order valence-electron chi connectivity index (χ3n) is 1.79. The Morgan fingerprint density at radius 3 is 2.85 bits per heavy atom. The Balaban J connectivity index is 3.15. The number of rotatable bonds is 3. The van der Waals surface area contributed by atoms with Crippen molar-refractivity contribution in [2.45, 2.75) is 13.3 Å². The molecule has 0 atom stereocenters. The molecule has 1 aromatic heterocycles. The van der Waals surface area contributed by atoms with Crippen LogP contribution in [0, 0.1) is 0 Å². The van der Waals surface area contributed by atoms with Gasteiger partial charge in [0.05, 0.1) is 13.3 Å². The van der Waals surface area contributed by atoms with E-state index in [0.717, 1.165) is 5.56 Å². The molecule has 0 aliphatic rings. The normalized spacial score (nSPS) is 9.69. The number of carbonyl (C=O) groups excluding carboxylic acids is 1. The van der Waals surface area contributed by atoms with Gasteiger partial charge in [-0.1, -0.05) is 6.92 Å². The summed E-state index contributed by atoms with van der Waals surface area (Å²) in [4.78, 5) is 14.8. The predicted molar refractivity (Wildman–Crippen MR) is 48.7 cm³/mol. The minimum Gasteiger partial charge on any atom is -0.495 e. The van der Waals surface area contributed by atoms with E-state index in [1.807, 2.05) is 6.92 Å². The van der Waals surface area contributed by atoms with E-state index in [4.69, 9.17) is 10.5 Å². The van der Waals surface area contributed by atoms with Crippen LogP contribution in [0.4, 0.5) is 0 Å². The van der Waals surface area contributed by atoms with Crippen molar-refractivity contribution < 1.29 is 9.53 Å². The highest BCUT2D eigenvalue weighted by Crippen LogP contribution is 2.14. The minimum atomic E-state index is -0.500. The number of ether oxygens (including phenoxy) is 1. The van der Waals surface area contributed by atoms with Crippen LogP contribution in [-0.4, -0.2) is 18.0 Å². The van der Waals surface area contributed by atoms with Gasteiger partial charge in [-0.15, -0.1) is 0 Å². The molecule has 1 rings (SSSR count). The van der Waals surface area contributed by atoms with Crippen molar-refractivity contribution in [1.29, 1.82) is 0 Å². The second-order valence-electron chi connectivity index (χ2n) is 2.60. The molecule has 0 unspecified atom stereocenters. The Kier molecular flexibility index (Phi) is 2.84. The molecule has 1 aromatic rings. The number of hydrogen-bond donors (Lipinski definition) is 1. The zero-order valence-corrected chi connectivity index (χ0v) is 7.70. The molecule has 1 heterocycles. The smallest absolute Gasteiger partial charge is 0.267 e. The summed E-state index contributed by atoms with van der Waals surface area (Å²) < 4.78 is 4.98. The van der Waals surface area contributed by atoms with Crippen molar-refractivity contribution in [1.82, 2.24) is 4.98 Å². The first-order valence-electron chi connectivity index (χ1n) is 4.01. The largest absolute Gasteiger partial charge is 0.495 e. The van der Waals surface area contributed by atoms with E-state index >= 15 is 0 Å². The number of primary amides is 1. The molecule has 0 saturated carbocycles. The van der Waals surface area contributed by atoms with E-state index in [9.17, 15) is 4.79 Å². The molecule has 70 valence electrons. The first-order chi connectivity index (χ1) is 6.19. The Morgan fingerprint density at radius 1 is 1.69 bits per heavy atom. The number of methoxy groups -OCH3 is 1. The molecule has 0 fully saturated rings. The molecule has 4 nitrogen and oxygen atoms in total. The van der Waals surface area contributed by atoms with Gasteiger partial charge < -0.3 is 10.5 Å². The maximum Gasteiger partial charge on any atom is 0.267 e. The van der Waals surface area contributed by atoms with Gasteiger partial charge in [0.2, 0.25) is 0 Å². The quantitative estimate of drug-likeness (QED) is 0.746. The van der Waals surface area contributed by atoms with Crippen molar-refractivity contribution in [3.8, 4) is 5.75 Å². The van der Waals surface area contributed by atoms with Crippen LogP contribution >= 0.6 is 0 Å². The lowest BCUT2D eigenvalue weighted by molar-refractivity contribution is 0.0994. The molecular weight excluding hydrogens is 168 g/mol. The first-order valence-corrected chi connectivity index (χ1v) is 4.01. The van der Waals surface area contributed by atoms with Gasteiger partial charge >= 0.3 is 0 Å². The number of hydrogen-bond acceptors (Lipinski definition) is 3. The van der Waals surface area contributed by atoms with Gasteiger partial charge in [-0.05, 0) is 18.1 Å². The van der Waals surface area contributed by atoms with Crippen molar-refractivity contribution >= 4 is 5.91 Å². The van der Waals surface area contributed by atoms with Gasteiger partial charge in [0.1, 0.15) is 11.4 Å². The summed E-state index contributed by atoms with van der Waals surface area (Å²) in [5, 5.41) is 0. The van der Waals surface area contributed by atoms with E-state index in [1.54, 1.807) is 13.2 Å². The summed E-state index contributed by atoms with van der Waals surface area (Å²) in [6.07, 6.45) is 2.20. The molecule has 0 aliphatic carbocycles. The Bertz CT molecular complexity index is 323. The highest BCUT2D eigenvalue weighted by Gasteiger charge is 2.08. The standard InChI is InChI=1S/C9H12N2O2/c1-3-6-4-7(13-2)5-11-8(6)9(10)12/h4-5H,3H2,1-2H3,(H2,10,12). The van der Waals surface area contributed by atoms with Gasteiger partial charge in [-0.2, -0.15) is 0 Å². The van der Waals surface area contributed by atoms with Crippen LogP contribution in [0.5, 0.6) is 5.75 Å². The number of carbonyl (C=O) groups is 1. The second-order valence-corrected chi connectivity index (χ2v) is 2.60. The highest BCUT2D eigenvalue weighted by molar-refractivity contribution is 5.92. The van der Waals surface area contributed by atoms with Gasteiger partial charge in [0.15, 0.2) is 0 Å². The molecule has 0 bridgehead atoms. The van der Waals surface area contributed by atoms with E-state index in [2.05, 4.69) is 4.98 Å². The van der Waals surface area contributed by atoms with Gasteiger partial charge in [-0.3, -0.25) is 4.79 Å². The molecular formula is C9H12N2O2. The van der Waals surface area contributed by atoms with E-state index < -0.39 is 5.91 Å². The van der Waals surface area contributed by atoms with Gasteiger partial charge in [0, 0.05) is 0 Å². The Labute approximate surface area is 76.7 Å². The van der Waals surface area contributed by atoms with Crippen LogP contribution < -0.4 is 10.5 Å². The third kappa shape index (κ3) is 1.96. The number of nitrogens with zero attached hydrogens (tertiary/aromatic N) is 1. The molecule has 0 aliphatic heterocycles. The monoisotopic (exact) mass is 180 g/mol. The van der Waals surface area contributed by atoms with E-state index in [0.29, 0.717) is 17.9 Å². The fourth-order valence-electron chi connectivity index (χ4n) is 1.09. The number of amides is 1. The summed E-state index contributed by atoms with van der Waals surface area (Å²) in [7, 11) is 1.56. The van der Waals surface area contributed by atoms with Crippen molar-refractivity contribution in [2.24, 2.45) is 5.73 Å². The molecule has 0 spiro atoms. The number of nitrogens with two attached hydrogens (primary N) is 1. The lowest BCUT2D eigenvalue weighted by Crippen LogP contribution is -2.15. The van der Waals surface area contributed by atoms with Crippen molar-refractivity contribution in [2.75, 3.05) is 7.11 Å². The van der Waals surface area contributed by atoms with E-state index in [1.165, 1.54) is 6.20 Å². The Hall–Kier alpha value is -1.58. The molecule has 2 N–H and O–H groups in total. The molecule has 13 heavy (non-hydrogen) atoms. The summed E-state index contributed by atoms with van der Waals surface area (Å²) in [5.41, 5.74) is 6.27. The van der Waals surface area contributed by atoms with Crippen molar-refractivity contribution in [3.05, 3.63) is 23.5 Å². The van der Waals surface area contributed by atoms with Gasteiger partial charge in [0.25, 0.3) is 5.91 Å². The van der Waals surface area contributed by atoms with E-state index in [-0.39, 0.29) is 0 Å². The van der Waals surface area contributed by atoms with Crippen LogP contribution in [0.1, 0.15) is 23.0 Å². The summed E-state index contributed by atoms with van der Waals surface area (Å²) in [6.45, 7) is 1.93. The first kappa shape index (κ1) is 9.51.